The molecule has 1 unspecified atom stereocenters. The minimum Gasteiger partial charge on any atom is -0.457 e. The summed E-state index contributed by atoms with van der Waals surface area (Å²) in [6, 6.07) is 66.2. The molecule has 4 heterocycles. The number of fused-ring (bicyclic) bond motifs is 10. The van der Waals surface area contributed by atoms with Crippen LogP contribution in [0.1, 0.15) is 38.9 Å². The van der Waals surface area contributed by atoms with E-state index in [2.05, 4.69) is 186 Å². The van der Waals surface area contributed by atoms with Gasteiger partial charge < -0.3 is 4.74 Å². The molecule has 59 heavy (non-hydrogen) atoms. The van der Waals surface area contributed by atoms with Crippen LogP contribution in [-0.2, 0) is 5.41 Å². The van der Waals surface area contributed by atoms with Crippen molar-refractivity contribution in [3.8, 4) is 45.0 Å². The molecule has 278 valence electrons. The third-order valence-corrected chi connectivity index (χ3v) is 12.4. The lowest BCUT2D eigenvalue weighted by atomic mass is 9.66. The van der Waals surface area contributed by atoms with Crippen LogP contribution in [0.4, 0.5) is 0 Å². The van der Waals surface area contributed by atoms with Gasteiger partial charge in [-0.05, 0) is 80.9 Å². The average Bonchev–Trinajstić information content (AvgIpc) is 3.98. The number of rotatable bonds is 5. The van der Waals surface area contributed by atoms with Gasteiger partial charge in [0.2, 0.25) is 0 Å². The first-order valence-corrected chi connectivity index (χ1v) is 20.1. The zero-order valence-electron chi connectivity index (χ0n) is 32.0. The summed E-state index contributed by atoms with van der Waals surface area (Å²) in [5, 5.41) is 13.6. The first-order chi connectivity index (χ1) is 29.2. The third kappa shape index (κ3) is 5.04. The van der Waals surface area contributed by atoms with Crippen LogP contribution >= 0.6 is 0 Å². The monoisotopic (exact) mass is 756 g/mol. The van der Waals surface area contributed by atoms with Crippen LogP contribution in [-0.4, -0.2) is 27.0 Å². The molecule has 8 aromatic rings. The summed E-state index contributed by atoms with van der Waals surface area (Å²) in [7, 11) is 0. The Morgan fingerprint density at radius 1 is 0.525 bits per heavy atom. The van der Waals surface area contributed by atoms with Crippen LogP contribution in [0.3, 0.4) is 0 Å². The Morgan fingerprint density at radius 2 is 1.12 bits per heavy atom. The topological polar surface area (TPSA) is 52.0 Å². The second-order valence-corrected chi connectivity index (χ2v) is 15.5. The summed E-state index contributed by atoms with van der Waals surface area (Å²) in [6.45, 7) is 0. The number of pyridine rings is 1. The van der Waals surface area contributed by atoms with E-state index in [4.69, 9.17) is 9.72 Å². The van der Waals surface area contributed by atoms with Crippen LogP contribution in [0.25, 0.3) is 44.7 Å². The minimum atomic E-state index is -0.569. The quantitative estimate of drug-likeness (QED) is 0.108. The van der Waals surface area contributed by atoms with E-state index >= 15 is 0 Å². The molecule has 1 spiro atoms. The predicted octanol–water partition coefficient (Wildman–Crippen LogP) is 12.2. The van der Waals surface area contributed by atoms with Gasteiger partial charge in [0.25, 0.3) is 0 Å². The van der Waals surface area contributed by atoms with Crippen molar-refractivity contribution < 1.29 is 4.74 Å². The predicted molar refractivity (Wildman–Crippen MR) is 236 cm³/mol. The smallest absolute Gasteiger partial charge is 0.168 e. The Morgan fingerprint density at radius 3 is 1.85 bits per heavy atom. The number of benzene rings is 7. The lowest BCUT2D eigenvalue weighted by Crippen LogP contribution is -2.32. The van der Waals surface area contributed by atoms with Gasteiger partial charge in [0, 0.05) is 45.8 Å². The molecule has 7 aromatic carbocycles. The molecule has 0 radical (unpaired) electrons. The van der Waals surface area contributed by atoms with E-state index in [9.17, 15) is 5.41 Å². The Balaban J connectivity index is 0.880. The Labute approximate surface area is 342 Å². The van der Waals surface area contributed by atoms with Crippen LogP contribution in [0, 0.1) is 5.41 Å². The highest BCUT2D eigenvalue weighted by Crippen LogP contribution is 2.62. The van der Waals surface area contributed by atoms with Crippen LogP contribution < -0.4 is 4.74 Å². The number of hydrazine groups is 1. The van der Waals surface area contributed by atoms with Gasteiger partial charge in [0.1, 0.15) is 17.3 Å². The molecule has 0 saturated carbocycles. The zero-order chi connectivity index (χ0) is 39.1. The van der Waals surface area contributed by atoms with Gasteiger partial charge in [-0.1, -0.05) is 158 Å². The Bertz CT molecular complexity index is 3010. The van der Waals surface area contributed by atoms with Crippen molar-refractivity contribution in [2.75, 3.05) is 0 Å². The van der Waals surface area contributed by atoms with E-state index in [1.807, 2.05) is 30.5 Å². The molecule has 1 aliphatic carbocycles. The van der Waals surface area contributed by atoms with Crippen molar-refractivity contribution in [3.05, 3.63) is 245 Å². The summed E-state index contributed by atoms with van der Waals surface area (Å²) in [5.74, 6) is 2.21. The summed E-state index contributed by atoms with van der Waals surface area (Å²) in [5.41, 5.74) is 16.2. The van der Waals surface area contributed by atoms with E-state index in [0.29, 0.717) is 5.84 Å². The molecule has 1 fully saturated rings. The van der Waals surface area contributed by atoms with E-state index in [1.54, 1.807) is 0 Å². The fourth-order valence-corrected chi connectivity index (χ4v) is 9.62. The maximum Gasteiger partial charge on any atom is 0.168 e. The second-order valence-electron chi connectivity index (χ2n) is 15.5. The Hall–Kier alpha value is -7.76. The largest absolute Gasteiger partial charge is 0.457 e. The zero-order valence-corrected chi connectivity index (χ0v) is 32.0. The maximum atomic E-state index is 9.38. The van der Waals surface area contributed by atoms with Crippen molar-refractivity contribution in [1.82, 2.24) is 15.0 Å². The molecule has 3 aliphatic heterocycles. The fourth-order valence-electron chi connectivity index (χ4n) is 9.62. The van der Waals surface area contributed by atoms with Crippen LogP contribution in [0.15, 0.2) is 207 Å². The molecular weight excluding hydrogens is 721 g/mol. The number of para-hydroxylation sites is 2. The molecule has 1 N–H and O–H groups in total. The van der Waals surface area contributed by atoms with Crippen molar-refractivity contribution in [3.63, 3.8) is 0 Å². The number of aromatic nitrogens is 1. The van der Waals surface area contributed by atoms with Gasteiger partial charge >= 0.3 is 0 Å². The molecule has 4 aliphatic rings. The van der Waals surface area contributed by atoms with E-state index in [0.717, 1.165) is 78.4 Å². The van der Waals surface area contributed by atoms with E-state index < -0.39 is 5.41 Å². The highest BCUT2D eigenvalue weighted by atomic mass is 16.5. The highest BCUT2D eigenvalue weighted by Gasteiger charge is 2.52. The summed E-state index contributed by atoms with van der Waals surface area (Å²) in [6.07, 6.45) is 6.31. The van der Waals surface area contributed by atoms with Gasteiger partial charge in [-0.25, -0.2) is 5.01 Å². The summed E-state index contributed by atoms with van der Waals surface area (Å²) < 4.78 is 6.54. The van der Waals surface area contributed by atoms with Crippen molar-refractivity contribution in [2.45, 2.75) is 11.6 Å². The SMILES string of the molecule is N=C(c1ccc(-c2cccc(-c3ccc4c(c3)C3(c5ccccc5Oc5ccccc53)c3cccnc3-4)c2)cc1)N1C2C(c3ccccc3)=CC(c3ccccc3)=CN21. The number of nitrogens with zero attached hydrogens (tertiary/aromatic N) is 3. The first-order valence-electron chi connectivity index (χ1n) is 20.1. The molecule has 5 heteroatoms. The molecule has 0 bridgehead atoms. The normalized spacial score (nSPS) is 16.1. The molecule has 1 saturated heterocycles. The maximum absolute atomic E-state index is 9.38. The Kier molecular flexibility index (Phi) is 7.29. The van der Waals surface area contributed by atoms with Crippen molar-refractivity contribution in [2.24, 2.45) is 0 Å². The number of hydrogen-bond acceptors (Lipinski definition) is 4. The van der Waals surface area contributed by atoms with Gasteiger partial charge in [0.05, 0.1) is 11.1 Å². The fraction of sp³-hybridized carbons (Fsp3) is 0.0370. The molecule has 12 rings (SSSR count). The number of ether oxygens (including phenoxy) is 1. The standard InChI is InChI=1S/C54H36N4O/c55-52(58-53-44(37-15-5-2-6-16-37)32-42(34-57(53)58)35-13-3-1-4-14-35)38-26-24-36(25-27-38)39-17-11-18-40(31-39)41-28-29-43-48(33-41)54(47-21-12-30-56-51(43)47)45-19-7-9-22-49(45)59-50-23-10-8-20-46(50)54/h1-34,53,55H. The molecule has 5 nitrogen and oxygen atoms in total. The van der Waals surface area contributed by atoms with Gasteiger partial charge in [-0.2, -0.15) is 0 Å². The minimum absolute atomic E-state index is 0.0214. The molecule has 1 atom stereocenters. The summed E-state index contributed by atoms with van der Waals surface area (Å²) in [4.78, 5) is 4.97. The molecule has 0 amide bonds. The number of nitrogens with one attached hydrogen (secondary N) is 1. The number of amidine groups is 1. The third-order valence-electron chi connectivity index (χ3n) is 12.4. The van der Waals surface area contributed by atoms with Gasteiger partial charge in [0.15, 0.2) is 6.17 Å². The summed E-state index contributed by atoms with van der Waals surface area (Å²) >= 11 is 0. The number of hydrogen-bond donors (Lipinski definition) is 1. The van der Waals surface area contributed by atoms with Gasteiger partial charge in [-0.15, -0.1) is 0 Å². The van der Waals surface area contributed by atoms with Crippen molar-refractivity contribution >= 4 is 17.0 Å². The molecule has 1 aromatic heterocycles. The average molecular weight is 757 g/mol. The second kappa shape index (κ2) is 12.9. The molecular formula is C54H36N4O. The van der Waals surface area contributed by atoms with Crippen LogP contribution in [0.5, 0.6) is 11.5 Å². The lowest BCUT2D eigenvalue weighted by molar-refractivity contribution is 0.436. The van der Waals surface area contributed by atoms with Crippen molar-refractivity contribution in [1.29, 1.82) is 5.41 Å². The van der Waals surface area contributed by atoms with E-state index in [1.165, 1.54) is 16.7 Å². The van der Waals surface area contributed by atoms with Gasteiger partial charge in [-0.3, -0.25) is 15.4 Å². The van der Waals surface area contributed by atoms with E-state index in [-0.39, 0.29) is 6.17 Å². The highest BCUT2D eigenvalue weighted by molar-refractivity contribution is 6.01. The first kappa shape index (κ1) is 33.4. The van der Waals surface area contributed by atoms with Crippen LogP contribution in [0.2, 0.25) is 0 Å². The lowest BCUT2D eigenvalue weighted by Gasteiger charge is -2.39. The number of allylic oxidation sites excluding steroid dienone is 2.